The summed E-state index contributed by atoms with van der Waals surface area (Å²) in [6.45, 7) is 1.61. The van der Waals surface area contributed by atoms with Crippen molar-refractivity contribution in [3.63, 3.8) is 0 Å². The second-order valence-electron chi connectivity index (χ2n) is 5.73. The predicted molar refractivity (Wildman–Crippen MR) is 105 cm³/mol. The first-order valence-electron chi connectivity index (χ1n) is 7.77. The van der Waals surface area contributed by atoms with Crippen LogP contribution >= 0.6 is 22.9 Å². The summed E-state index contributed by atoms with van der Waals surface area (Å²) in [7, 11) is 0. The number of aryl methyl sites for hydroxylation is 1. The van der Waals surface area contributed by atoms with Crippen LogP contribution in [0.1, 0.15) is 21.5 Å². The summed E-state index contributed by atoms with van der Waals surface area (Å²) in [5.41, 5.74) is 1.21. The van der Waals surface area contributed by atoms with Crippen molar-refractivity contribution in [2.75, 3.05) is 5.32 Å². The highest BCUT2D eigenvalue weighted by Crippen LogP contribution is 2.27. The Balaban J connectivity index is 1.73. The molecule has 0 fully saturated rings. The Labute approximate surface area is 170 Å². The number of carbonyl (C=O) groups is 2. The van der Waals surface area contributed by atoms with E-state index in [1.54, 1.807) is 25.1 Å². The number of hydrogen-bond acceptors (Lipinski definition) is 6. The van der Waals surface area contributed by atoms with Gasteiger partial charge < -0.3 is 4.55 Å². The molecule has 1 aromatic heterocycles. The van der Waals surface area contributed by atoms with Crippen LogP contribution in [0.25, 0.3) is 10.2 Å². The third-order valence-electron chi connectivity index (χ3n) is 3.70. The molecule has 0 radical (unpaired) electrons. The van der Waals surface area contributed by atoms with Gasteiger partial charge in [-0.3, -0.25) is 19.6 Å². The van der Waals surface area contributed by atoms with Gasteiger partial charge in [-0.25, -0.2) is 14.2 Å². The summed E-state index contributed by atoms with van der Waals surface area (Å²) >= 11 is 4.84. The number of benzene rings is 2. The van der Waals surface area contributed by atoms with E-state index in [1.165, 1.54) is 6.07 Å². The number of anilines is 1. The number of urea groups is 1. The van der Waals surface area contributed by atoms with Crippen molar-refractivity contribution in [3.05, 3.63) is 57.9 Å². The van der Waals surface area contributed by atoms with E-state index in [9.17, 15) is 22.7 Å². The first-order valence-corrected chi connectivity index (χ1v) is 10.2. The topological polar surface area (TPSA) is 111 Å². The number of rotatable bonds is 4. The zero-order valence-corrected chi connectivity index (χ0v) is 16.6. The Morgan fingerprint density at radius 1 is 1.32 bits per heavy atom. The molecule has 0 aliphatic rings. The molecule has 3 aromatic rings. The first kappa shape index (κ1) is 20.3. The van der Waals surface area contributed by atoms with Gasteiger partial charge in [-0.05, 0) is 36.2 Å². The van der Waals surface area contributed by atoms with Gasteiger partial charge >= 0.3 is 6.03 Å². The fourth-order valence-corrected chi connectivity index (χ4v) is 4.02. The molecule has 0 spiro atoms. The van der Waals surface area contributed by atoms with Crippen LogP contribution in [0.3, 0.4) is 0 Å². The standard InChI is InChI=1S/C17H13ClFN3O4S2/c1-8-2-4-10(19)13(14(8)18)15(23)21-16(24)22-17-20-11-5-3-9(7-28(25)26)6-12(11)27-17/h2-6H,7H2,1H3,(H,25,26)(H2,20,21,22,23,24)/p-1. The lowest BCUT2D eigenvalue weighted by Crippen LogP contribution is -2.35. The van der Waals surface area contributed by atoms with E-state index >= 15 is 0 Å². The zero-order valence-electron chi connectivity index (χ0n) is 14.2. The Kier molecular flexibility index (Phi) is 6.04. The smallest absolute Gasteiger partial charge is 0.327 e. The number of thiazole rings is 1. The van der Waals surface area contributed by atoms with Crippen molar-refractivity contribution >= 4 is 61.3 Å². The minimum atomic E-state index is -2.22. The number of imide groups is 1. The molecule has 0 bridgehead atoms. The summed E-state index contributed by atoms with van der Waals surface area (Å²) in [4.78, 5) is 28.4. The van der Waals surface area contributed by atoms with E-state index in [0.29, 0.717) is 21.3 Å². The van der Waals surface area contributed by atoms with Crippen LogP contribution in [0.15, 0.2) is 30.3 Å². The van der Waals surface area contributed by atoms with E-state index < -0.39 is 34.4 Å². The minimum absolute atomic E-state index is 0.0754. The fraction of sp³-hybridized carbons (Fsp3) is 0.118. The molecule has 3 rings (SSSR count). The summed E-state index contributed by atoms with van der Waals surface area (Å²) in [5, 5.41) is 4.52. The van der Waals surface area contributed by atoms with Crippen molar-refractivity contribution in [1.29, 1.82) is 0 Å². The predicted octanol–water partition coefficient (Wildman–Crippen LogP) is 3.74. The van der Waals surface area contributed by atoms with Gasteiger partial charge in [0.25, 0.3) is 5.91 Å². The average Bonchev–Trinajstić information content (AvgIpc) is 2.99. The van der Waals surface area contributed by atoms with Gasteiger partial charge in [0.1, 0.15) is 5.82 Å². The summed E-state index contributed by atoms with van der Waals surface area (Å²) in [6.07, 6.45) is 0. The molecule has 0 saturated carbocycles. The van der Waals surface area contributed by atoms with Crippen LogP contribution in [-0.4, -0.2) is 25.7 Å². The molecule has 0 aliphatic heterocycles. The molecule has 1 heterocycles. The number of fused-ring (bicyclic) bond motifs is 1. The lowest BCUT2D eigenvalue weighted by Gasteiger charge is -2.08. The average molecular weight is 441 g/mol. The molecule has 28 heavy (non-hydrogen) atoms. The van der Waals surface area contributed by atoms with Gasteiger partial charge in [0.2, 0.25) is 0 Å². The minimum Gasteiger partial charge on any atom is -0.772 e. The Hall–Kier alpha value is -2.40. The van der Waals surface area contributed by atoms with Gasteiger partial charge in [-0.1, -0.05) is 46.2 Å². The highest BCUT2D eigenvalue weighted by Gasteiger charge is 2.20. The molecule has 1 atom stereocenters. The van der Waals surface area contributed by atoms with Crippen molar-refractivity contribution in [1.82, 2.24) is 10.3 Å². The van der Waals surface area contributed by atoms with Crippen LogP contribution < -0.4 is 10.6 Å². The maximum Gasteiger partial charge on any atom is 0.327 e. The maximum absolute atomic E-state index is 13.9. The van der Waals surface area contributed by atoms with E-state index in [4.69, 9.17) is 11.6 Å². The lowest BCUT2D eigenvalue weighted by atomic mass is 10.1. The van der Waals surface area contributed by atoms with Crippen LogP contribution in [-0.2, 0) is 16.8 Å². The molecule has 0 saturated heterocycles. The molecule has 3 amide bonds. The van der Waals surface area contributed by atoms with Gasteiger partial charge in [0.05, 0.1) is 20.8 Å². The Morgan fingerprint density at radius 2 is 2.07 bits per heavy atom. The second kappa shape index (κ2) is 8.31. The molecule has 2 N–H and O–H groups in total. The van der Waals surface area contributed by atoms with Crippen molar-refractivity contribution in [2.24, 2.45) is 0 Å². The molecule has 1 unspecified atom stereocenters. The monoisotopic (exact) mass is 440 g/mol. The molecule has 146 valence electrons. The van der Waals surface area contributed by atoms with E-state index in [2.05, 4.69) is 10.3 Å². The first-order chi connectivity index (χ1) is 13.2. The summed E-state index contributed by atoms with van der Waals surface area (Å²) in [5.74, 6) is -1.96. The molecule has 7 nitrogen and oxygen atoms in total. The quantitative estimate of drug-likeness (QED) is 0.600. The molecule has 0 aliphatic carbocycles. The summed E-state index contributed by atoms with van der Waals surface area (Å²) in [6, 6.07) is 6.51. The van der Waals surface area contributed by atoms with Crippen molar-refractivity contribution in [3.8, 4) is 0 Å². The number of aromatic nitrogens is 1. The molecular weight excluding hydrogens is 429 g/mol. The summed E-state index contributed by atoms with van der Waals surface area (Å²) < 4.78 is 36.2. The number of carbonyl (C=O) groups excluding carboxylic acids is 2. The highest BCUT2D eigenvalue weighted by atomic mass is 35.5. The van der Waals surface area contributed by atoms with Gasteiger partial charge in [0.15, 0.2) is 5.13 Å². The Bertz CT molecular complexity index is 1120. The second-order valence-corrected chi connectivity index (χ2v) is 8.04. The molecular formula is C17H12ClFN3O4S2-. The normalized spacial score (nSPS) is 12.0. The van der Waals surface area contributed by atoms with Crippen LogP contribution in [0.5, 0.6) is 0 Å². The molecule has 11 heteroatoms. The number of amides is 3. The van der Waals surface area contributed by atoms with Gasteiger partial charge in [-0.2, -0.15) is 0 Å². The zero-order chi connectivity index (χ0) is 20.4. The van der Waals surface area contributed by atoms with Crippen LogP contribution in [0, 0.1) is 12.7 Å². The van der Waals surface area contributed by atoms with Crippen LogP contribution in [0.2, 0.25) is 5.02 Å². The molecule has 2 aromatic carbocycles. The van der Waals surface area contributed by atoms with E-state index in [0.717, 1.165) is 17.4 Å². The van der Waals surface area contributed by atoms with Crippen molar-refractivity contribution < 1.29 is 22.7 Å². The van der Waals surface area contributed by atoms with E-state index in [-0.39, 0.29) is 15.9 Å². The number of hydrogen-bond donors (Lipinski definition) is 2. The van der Waals surface area contributed by atoms with Gasteiger partial charge in [0, 0.05) is 5.75 Å². The fourth-order valence-electron chi connectivity index (χ4n) is 2.41. The van der Waals surface area contributed by atoms with Crippen LogP contribution in [0.4, 0.5) is 14.3 Å². The van der Waals surface area contributed by atoms with Crippen molar-refractivity contribution in [2.45, 2.75) is 12.7 Å². The number of nitrogens with one attached hydrogen (secondary N) is 2. The highest BCUT2D eigenvalue weighted by molar-refractivity contribution is 7.78. The number of nitrogens with zero attached hydrogens (tertiary/aromatic N) is 1. The third-order valence-corrected chi connectivity index (χ3v) is 5.69. The SMILES string of the molecule is Cc1ccc(F)c(C(=O)NC(=O)Nc2nc3ccc(CS(=O)[O-])cc3s2)c1Cl. The Morgan fingerprint density at radius 3 is 2.79 bits per heavy atom. The largest absolute Gasteiger partial charge is 0.772 e. The lowest BCUT2D eigenvalue weighted by molar-refractivity contribution is 0.0963. The third kappa shape index (κ3) is 4.53. The maximum atomic E-state index is 13.9. The van der Waals surface area contributed by atoms with E-state index in [1.807, 2.05) is 5.32 Å². The number of halogens is 2. The van der Waals surface area contributed by atoms with Gasteiger partial charge in [-0.15, -0.1) is 0 Å².